The Morgan fingerprint density at radius 1 is 1.32 bits per heavy atom. The van der Waals surface area contributed by atoms with Gasteiger partial charge in [0.05, 0.1) is 37.4 Å². The van der Waals surface area contributed by atoms with Crippen LogP contribution in [0.5, 0.6) is 0 Å². The molecule has 1 spiro atoms. The second kappa shape index (κ2) is 9.64. The largest absolute Gasteiger partial charge is 0.447 e. The molecule has 206 valence electrons. The Kier molecular flexibility index (Phi) is 6.76. The molecule has 0 radical (unpaired) electrons. The molecule has 3 fully saturated rings. The van der Waals surface area contributed by atoms with Crippen molar-refractivity contribution in [3.63, 3.8) is 0 Å². The number of rotatable bonds is 7. The Hall–Kier alpha value is -2.98. The molecule has 0 bridgehead atoms. The molecule has 5 rings (SSSR count). The first-order chi connectivity index (χ1) is 18.0. The van der Waals surface area contributed by atoms with Crippen molar-refractivity contribution >= 4 is 29.3 Å². The zero-order valence-electron chi connectivity index (χ0n) is 22.2. The van der Waals surface area contributed by atoms with Gasteiger partial charge in [-0.05, 0) is 44.9 Å². The van der Waals surface area contributed by atoms with Crippen LogP contribution >= 0.6 is 0 Å². The van der Waals surface area contributed by atoms with E-state index in [1.165, 1.54) is 18.7 Å². The summed E-state index contributed by atoms with van der Waals surface area (Å²) in [5.74, 6) is -1.93. The van der Waals surface area contributed by atoms with Gasteiger partial charge in [0, 0.05) is 36.2 Å². The van der Waals surface area contributed by atoms with Crippen LogP contribution in [0.1, 0.15) is 45.6 Å². The van der Waals surface area contributed by atoms with Gasteiger partial charge >= 0.3 is 6.09 Å². The first-order valence-electron chi connectivity index (χ1n) is 13.3. The highest BCUT2D eigenvalue weighted by Crippen LogP contribution is 2.59. The van der Waals surface area contributed by atoms with Gasteiger partial charge in [0.25, 0.3) is 5.91 Å². The zero-order chi connectivity index (χ0) is 27.4. The number of benzene rings is 1. The summed E-state index contributed by atoms with van der Waals surface area (Å²) in [7, 11) is 0. The number of aliphatic hydroxyl groups is 1. The van der Waals surface area contributed by atoms with Crippen molar-refractivity contribution in [3.8, 4) is 0 Å². The van der Waals surface area contributed by atoms with Crippen LogP contribution < -0.4 is 9.80 Å². The summed E-state index contributed by atoms with van der Waals surface area (Å²) in [6.07, 6.45) is 1.70. The molecular formula is C28H36FN3O6. The number of hydrogen-bond acceptors (Lipinski definition) is 6. The Bertz CT molecular complexity index is 1150. The van der Waals surface area contributed by atoms with E-state index in [-0.39, 0.29) is 44.0 Å². The molecule has 5 atom stereocenters. The fourth-order valence-corrected chi connectivity index (χ4v) is 6.98. The second-order valence-electron chi connectivity index (χ2n) is 11.2. The van der Waals surface area contributed by atoms with Gasteiger partial charge in [-0.1, -0.05) is 13.0 Å². The van der Waals surface area contributed by atoms with Crippen LogP contribution in [0.3, 0.4) is 0 Å². The molecule has 4 aliphatic heterocycles. The maximum Gasteiger partial charge on any atom is 0.414 e. The number of fused-ring (bicyclic) bond motifs is 2. The van der Waals surface area contributed by atoms with E-state index in [2.05, 4.69) is 6.58 Å². The van der Waals surface area contributed by atoms with Gasteiger partial charge in [0.1, 0.15) is 12.3 Å². The predicted molar refractivity (Wildman–Crippen MR) is 139 cm³/mol. The first-order valence-corrected chi connectivity index (χ1v) is 13.3. The van der Waals surface area contributed by atoms with Crippen molar-refractivity contribution in [1.82, 2.24) is 4.90 Å². The Balaban J connectivity index is 1.57. The standard InChI is InChI=1S/C28H36FN3O6/c1-5-10-32-21-9-8-18(31-12-13-37-26(31)36)14-20(21)28(25(32)35)17(2)24(27(3,4)29)22(38-28)15-23(34)30-11-6-7-19(30)16-33/h5,8-9,14,17,19,22,24,33H,1,6-7,10-13,15-16H2,2-4H3/t17-,19+,22+,24-,28+/m1/s1. The Morgan fingerprint density at radius 3 is 2.71 bits per heavy atom. The number of carbonyl (C=O) groups is 3. The molecule has 1 aromatic carbocycles. The molecule has 0 aliphatic carbocycles. The lowest BCUT2D eigenvalue weighted by molar-refractivity contribution is -0.150. The lowest BCUT2D eigenvalue weighted by Gasteiger charge is -2.33. The average Bonchev–Trinajstić information content (AvgIpc) is 3.62. The van der Waals surface area contributed by atoms with Crippen molar-refractivity contribution in [2.75, 3.05) is 42.6 Å². The highest BCUT2D eigenvalue weighted by molar-refractivity contribution is 6.08. The molecule has 0 aromatic heterocycles. The normalized spacial score (nSPS) is 30.9. The topological polar surface area (TPSA) is 99.6 Å². The maximum atomic E-state index is 15.9. The number of hydrogen-bond donors (Lipinski definition) is 1. The van der Waals surface area contributed by atoms with Crippen molar-refractivity contribution < 1.29 is 33.4 Å². The van der Waals surface area contributed by atoms with Gasteiger partial charge in [-0.15, -0.1) is 6.58 Å². The summed E-state index contributed by atoms with van der Waals surface area (Å²) in [5, 5.41) is 9.71. The smallest absolute Gasteiger partial charge is 0.414 e. The van der Waals surface area contributed by atoms with Crippen LogP contribution in [0.15, 0.2) is 30.9 Å². The van der Waals surface area contributed by atoms with E-state index >= 15 is 4.39 Å². The number of halogens is 1. The molecule has 4 heterocycles. The highest BCUT2D eigenvalue weighted by atomic mass is 19.1. The molecule has 1 aromatic rings. The van der Waals surface area contributed by atoms with Gasteiger partial charge in [0.15, 0.2) is 5.60 Å². The lowest BCUT2D eigenvalue weighted by atomic mass is 9.71. The fraction of sp³-hybridized carbons (Fsp3) is 0.607. The molecule has 1 N–H and O–H groups in total. The number of alkyl halides is 1. The van der Waals surface area contributed by atoms with Gasteiger partial charge in [-0.2, -0.15) is 0 Å². The quantitative estimate of drug-likeness (QED) is 0.545. The van der Waals surface area contributed by atoms with Gasteiger partial charge in [-0.3, -0.25) is 14.5 Å². The summed E-state index contributed by atoms with van der Waals surface area (Å²) in [6.45, 7) is 9.79. The lowest BCUT2D eigenvalue weighted by Crippen LogP contribution is -2.45. The molecule has 0 saturated carbocycles. The number of ether oxygens (including phenoxy) is 2. The van der Waals surface area contributed by atoms with Gasteiger partial charge in [-0.25, -0.2) is 9.18 Å². The summed E-state index contributed by atoms with van der Waals surface area (Å²) in [5.41, 5.74) is -1.56. The van der Waals surface area contributed by atoms with Crippen LogP contribution in [0.25, 0.3) is 0 Å². The van der Waals surface area contributed by atoms with E-state index in [0.717, 1.165) is 12.8 Å². The van der Waals surface area contributed by atoms with Gasteiger partial charge in [0.2, 0.25) is 5.91 Å². The second-order valence-corrected chi connectivity index (χ2v) is 11.2. The van der Waals surface area contributed by atoms with E-state index < -0.39 is 35.3 Å². The number of anilines is 2. The van der Waals surface area contributed by atoms with Crippen LogP contribution in [0.4, 0.5) is 20.6 Å². The minimum atomic E-state index is -1.75. The van der Waals surface area contributed by atoms with E-state index in [4.69, 9.17) is 9.47 Å². The number of cyclic esters (lactones) is 1. The van der Waals surface area contributed by atoms with Crippen LogP contribution in [-0.4, -0.2) is 78.6 Å². The third-order valence-electron chi connectivity index (χ3n) is 8.61. The molecule has 3 amide bonds. The number of nitrogens with zero attached hydrogens (tertiary/aromatic N) is 3. The zero-order valence-corrected chi connectivity index (χ0v) is 22.2. The summed E-state index contributed by atoms with van der Waals surface area (Å²) < 4.78 is 27.6. The molecule has 38 heavy (non-hydrogen) atoms. The molecule has 0 unspecified atom stereocenters. The van der Waals surface area contributed by atoms with Crippen LogP contribution in [-0.2, 0) is 24.7 Å². The number of aliphatic hydroxyl groups excluding tert-OH is 1. The highest BCUT2D eigenvalue weighted by Gasteiger charge is 2.66. The summed E-state index contributed by atoms with van der Waals surface area (Å²) in [6, 6.07) is 5.03. The monoisotopic (exact) mass is 529 g/mol. The maximum absolute atomic E-state index is 15.9. The minimum Gasteiger partial charge on any atom is -0.447 e. The van der Waals surface area contributed by atoms with E-state index in [1.54, 1.807) is 41.0 Å². The van der Waals surface area contributed by atoms with Crippen molar-refractivity contribution in [2.45, 2.75) is 63.4 Å². The average molecular weight is 530 g/mol. The molecule has 10 heteroatoms. The minimum absolute atomic E-state index is 0.0944. The van der Waals surface area contributed by atoms with Crippen molar-refractivity contribution in [1.29, 1.82) is 0 Å². The number of amides is 3. The third-order valence-corrected chi connectivity index (χ3v) is 8.61. The predicted octanol–water partition coefficient (Wildman–Crippen LogP) is 3.14. The van der Waals surface area contributed by atoms with Gasteiger partial charge < -0.3 is 24.4 Å². The molecule has 3 saturated heterocycles. The van der Waals surface area contributed by atoms with Crippen molar-refractivity contribution in [2.24, 2.45) is 11.8 Å². The summed E-state index contributed by atoms with van der Waals surface area (Å²) in [4.78, 5) is 44.5. The first kappa shape index (κ1) is 26.6. The van der Waals surface area contributed by atoms with E-state index in [9.17, 15) is 19.5 Å². The SMILES string of the molecule is C=CCN1C(=O)[C@@]2(O[C@@H](CC(=O)N3CCC[C@H]3CO)[C@H](C(C)(C)F)[C@H]2C)c2cc(N3CCOC3=O)ccc21. The molecule has 9 nitrogen and oxygen atoms in total. The molecular weight excluding hydrogens is 493 g/mol. The number of carbonyl (C=O) groups excluding carboxylic acids is 3. The number of likely N-dealkylation sites (tertiary alicyclic amines) is 1. The van der Waals surface area contributed by atoms with E-state index in [0.29, 0.717) is 30.0 Å². The van der Waals surface area contributed by atoms with Crippen molar-refractivity contribution in [3.05, 3.63) is 36.4 Å². The van der Waals surface area contributed by atoms with Crippen LogP contribution in [0, 0.1) is 11.8 Å². The summed E-state index contributed by atoms with van der Waals surface area (Å²) >= 11 is 0. The van der Waals surface area contributed by atoms with Crippen LogP contribution in [0.2, 0.25) is 0 Å². The third kappa shape index (κ3) is 4.00. The fourth-order valence-electron chi connectivity index (χ4n) is 6.98. The Morgan fingerprint density at radius 2 is 2.08 bits per heavy atom. The Labute approximate surface area is 222 Å². The molecule has 4 aliphatic rings. The van der Waals surface area contributed by atoms with E-state index in [1.807, 2.05) is 0 Å².